The van der Waals surface area contributed by atoms with E-state index in [-0.39, 0.29) is 17.9 Å². The van der Waals surface area contributed by atoms with Crippen molar-refractivity contribution in [1.29, 1.82) is 0 Å². The lowest BCUT2D eigenvalue weighted by Crippen LogP contribution is -2.47. The van der Waals surface area contributed by atoms with E-state index in [0.29, 0.717) is 0 Å². The SMILES string of the molecule is CC(=O)N[C@@H](C)C(=O)N[C@H](C)Cc1cccs1. The first-order chi connectivity index (χ1) is 7.99. The molecule has 2 amide bonds. The molecule has 5 heteroatoms. The van der Waals surface area contributed by atoms with Crippen LogP contribution in [-0.2, 0) is 16.0 Å². The summed E-state index contributed by atoms with van der Waals surface area (Å²) in [6, 6.07) is 3.62. The average molecular weight is 254 g/mol. The van der Waals surface area contributed by atoms with Crippen LogP contribution in [0, 0.1) is 0 Å². The third-order valence-electron chi connectivity index (χ3n) is 2.29. The van der Waals surface area contributed by atoms with Gasteiger partial charge in [0.2, 0.25) is 11.8 Å². The van der Waals surface area contributed by atoms with Crippen molar-refractivity contribution in [2.24, 2.45) is 0 Å². The van der Waals surface area contributed by atoms with Gasteiger partial charge >= 0.3 is 0 Å². The van der Waals surface area contributed by atoms with Gasteiger partial charge < -0.3 is 10.6 Å². The molecule has 17 heavy (non-hydrogen) atoms. The third-order valence-corrected chi connectivity index (χ3v) is 3.19. The lowest BCUT2D eigenvalue weighted by molar-refractivity contribution is -0.128. The number of carbonyl (C=O) groups excluding carboxylic acids is 2. The number of thiophene rings is 1. The fourth-order valence-corrected chi connectivity index (χ4v) is 2.36. The Labute approximate surface area is 105 Å². The molecule has 94 valence electrons. The minimum absolute atomic E-state index is 0.0670. The predicted molar refractivity (Wildman–Crippen MR) is 68.9 cm³/mol. The van der Waals surface area contributed by atoms with Crippen LogP contribution in [0.5, 0.6) is 0 Å². The molecular weight excluding hydrogens is 236 g/mol. The average Bonchev–Trinajstić information content (AvgIpc) is 2.68. The first-order valence-corrected chi connectivity index (χ1v) is 6.47. The standard InChI is InChI=1S/C12H18N2O2S/c1-8(7-11-5-4-6-17-11)13-12(16)9(2)14-10(3)15/h4-6,8-9H,7H2,1-3H3,(H,13,16)(H,14,15)/t8-,9+/m1/s1. The molecule has 0 radical (unpaired) electrons. The highest BCUT2D eigenvalue weighted by Gasteiger charge is 2.15. The van der Waals surface area contributed by atoms with Gasteiger partial charge in [-0.1, -0.05) is 6.07 Å². The van der Waals surface area contributed by atoms with Crippen LogP contribution in [0.2, 0.25) is 0 Å². The summed E-state index contributed by atoms with van der Waals surface area (Å²) < 4.78 is 0. The Kier molecular flexibility index (Phi) is 5.15. The smallest absolute Gasteiger partial charge is 0.242 e. The predicted octanol–water partition coefficient (Wildman–Crippen LogP) is 1.32. The number of hydrogen-bond acceptors (Lipinski definition) is 3. The topological polar surface area (TPSA) is 58.2 Å². The van der Waals surface area contributed by atoms with Gasteiger partial charge in [-0.2, -0.15) is 0 Å². The third kappa shape index (κ3) is 4.99. The molecule has 0 bridgehead atoms. The van der Waals surface area contributed by atoms with Crippen molar-refractivity contribution in [2.75, 3.05) is 0 Å². The zero-order chi connectivity index (χ0) is 12.8. The molecule has 1 rings (SSSR count). The minimum Gasteiger partial charge on any atom is -0.352 e. The number of rotatable bonds is 5. The molecule has 0 spiro atoms. The Hall–Kier alpha value is -1.36. The summed E-state index contributed by atoms with van der Waals surface area (Å²) in [5.74, 6) is -0.345. The maximum absolute atomic E-state index is 11.7. The minimum atomic E-state index is -0.488. The molecule has 2 atom stereocenters. The van der Waals surface area contributed by atoms with Crippen molar-refractivity contribution in [3.8, 4) is 0 Å². The Morgan fingerprint density at radius 3 is 2.59 bits per heavy atom. The Balaban J connectivity index is 2.37. The van der Waals surface area contributed by atoms with Crippen LogP contribution in [0.4, 0.5) is 0 Å². The Morgan fingerprint density at radius 1 is 1.35 bits per heavy atom. The van der Waals surface area contributed by atoms with Crippen LogP contribution in [0.25, 0.3) is 0 Å². The van der Waals surface area contributed by atoms with Gasteiger partial charge in [-0.15, -0.1) is 11.3 Å². The van der Waals surface area contributed by atoms with Gasteiger partial charge in [-0.25, -0.2) is 0 Å². The number of nitrogens with one attached hydrogen (secondary N) is 2. The Bertz CT molecular complexity index is 376. The van der Waals surface area contributed by atoms with Crippen molar-refractivity contribution < 1.29 is 9.59 Å². The largest absolute Gasteiger partial charge is 0.352 e. The van der Waals surface area contributed by atoms with Crippen LogP contribution >= 0.6 is 11.3 Å². The quantitative estimate of drug-likeness (QED) is 0.832. The van der Waals surface area contributed by atoms with Crippen LogP contribution in [-0.4, -0.2) is 23.9 Å². The number of amides is 2. The van der Waals surface area contributed by atoms with E-state index in [4.69, 9.17) is 0 Å². The van der Waals surface area contributed by atoms with Crippen molar-refractivity contribution >= 4 is 23.2 Å². The van der Waals surface area contributed by atoms with Gasteiger partial charge in [-0.05, 0) is 25.3 Å². The molecule has 0 saturated heterocycles. The molecule has 1 aromatic heterocycles. The van der Waals surface area contributed by atoms with E-state index in [0.717, 1.165) is 6.42 Å². The zero-order valence-corrected chi connectivity index (χ0v) is 11.1. The molecule has 2 N–H and O–H groups in total. The van der Waals surface area contributed by atoms with Crippen LogP contribution in [0.15, 0.2) is 17.5 Å². The monoisotopic (exact) mass is 254 g/mol. The van der Waals surface area contributed by atoms with E-state index in [1.807, 2.05) is 24.4 Å². The van der Waals surface area contributed by atoms with Crippen molar-refractivity contribution in [1.82, 2.24) is 10.6 Å². The van der Waals surface area contributed by atoms with E-state index in [1.54, 1.807) is 18.3 Å². The van der Waals surface area contributed by atoms with Crippen LogP contribution < -0.4 is 10.6 Å². The van der Waals surface area contributed by atoms with Gasteiger partial charge in [0.15, 0.2) is 0 Å². The zero-order valence-electron chi connectivity index (χ0n) is 10.3. The summed E-state index contributed by atoms with van der Waals surface area (Å²) in [5.41, 5.74) is 0. The highest BCUT2D eigenvalue weighted by Crippen LogP contribution is 2.10. The summed E-state index contributed by atoms with van der Waals surface area (Å²) in [4.78, 5) is 23.7. The fourth-order valence-electron chi connectivity index (χ4n) is 1.52. The van der Waals surface area contributed by atoms with Crippen molar-refractivity contribution in [3.63, 3.8) is 0 Å². The second kappa shape index (κ2) is 6.39. The van der Waals surface area contributed by atoms with E-state index in [9.17, 15) is 9.59 Å². The molecule has 4 nitrogen and oxygen atoms in total. The molecule has 1 heterocycles. The molecule has 0 aliphatic heterocycles. The van der Waals surface area contributed by atoms with E-state index >= 15 is 0 Å². The molecule has 1 aromatic rings. The maximum Gasteiger partial charge on any atom is 0.242 e. The molecule has 0 aliphatic carbocycles. The summed E-state index contributed by atoms with van der Waals surface area (Å²) >= 11 is 1.68. The highest BCUT2D eigenvalue weighted by atomic mass is 32.1. The first-order valence-electron chi connectivity index (χ1n) is 5.59. The normalized spacial score (nSPS) is 13.8. The first kappa shape index (κ1) is 13.7. The highest BCUT2D eigenvalue weighted by molar-refractivity contribution is 7.09. The molecular formula is C12H18N2O2S. The second-order valence-corrected chi connectivity index (χ2v) is 5.15. The van der Waals surface area contributed by atoms with E-state index in [1.165, 1.54) is 11.8 Å². The van der Waals surface area contributed by atoms with E-state index in [2.05, 4.69) is 10.6 Å². The lowest BCUT2D eigenvalue weighted by atomic mass is 10.2. The summed E-state index contributed by atoms with van der Waals surface area (Å²) in [6.45, 7) is 5.03. The van der Waals surface area contributed by atoms with Gasteiger partial charge in [0.25, 0.3) is 0 Å². The van der Waals surface area contributed by atoms with Crippen LogP contribution in [0.3, 0.4) is 0 Å². The summed E-state index contributed by atoms with van der Waals surface area (Å²) in [6.07, 6.45) is 0.816. The number of carbonyl (C=O) groups is 2. The summed E-state index contributed by atoms with van der Waals surface area (Å²) in [7, 11) is 0. The molecule has 0 fully saturated rings. The van der Waals surface area contributed by atoms with E-state index < -0.39 is 6.04 Å². The molecule has 0 saturated carbocycles. The second-order valence-electron chi connectivity index (χ2n) is 4.12. The lowest BCUT2D eigenvalue weighted by Gasteiger charge is -2.17. The van der Waals surface area contributed by atoms with Gasteiger partial charge in [0, 0.05) is 24.3 Å². The van der Waals surface area contributed by atoms with Crippen LogP contribution in [0.1, 0.15) is 25.6 Å². The molecule has 0 aliphatic rings. The van der Waals surface area contributed by atoms with Crippen molar-refractivity contribution in [3.05, 3.63) is 22.4 Å². The van der Waals surface area contributed by atoms with Crippen molar-refractivity contribution in [2.45, 2.75) is 39.3 Å². The van der Waals surface area contributed by atoms with Gasteiger partial charge in [0.05, 0.1) is 0 Å². The number of hydrogen-bond donors (Lipinski definition) is 2. The fraction of sp³-hybridized carbons (Fsp3) is 0.500. The van der Waals surface area contributed by atoms with Gasteiger partial charge in [-0.3, -0.25) is 9.59 Å². The Morgan fingerprint density at radius 2 is 2.06 bits per heavy atom. The van der Waals surface area contributed by atoms with Gasteiger partial charge in [0.1, 0.15) is 6.04 Å². The molecule has 0 unspecified atom stereocenters. The summed E-state index contributed by atoms with van der Waals surface area (Å²) in [5, 5.41) is 7.45. The molecule has 0 aromatic carbocycles. The maximum atomic E-state index is 11.7.